The Morgan fingerprint density at radius 2 is 2.20 bits per heavy atom. The molecule has 0 unspecified atom stereocenters. The average Bonchev–Trinajstić information content (AvgIpc) is 2.17. The molecule has 0 aliphatic rings. The van der Waals surface area contributed by atoms with Crippen LogP contribution in [0.25, 0.3) is 0 Å². The molecular formula is C9H7ClF2INO. The van der Waals surface area contributed by atoms with Crippen LogP contribution in [0.4, 0.5) is 14.5 Å². The first-order valence-electron chi connectivity index (χ1n) is 3.96. The van der Waals surface area contributed by atoms with Gasteiger partial charge in [0.2, 0.25) is 0 Å². The van der Waals surface area contributed by atoms with Crippen LogP contribution in [0, 0.1) is 0 Å². The standard InChI is InChI=1S/C9H7ClF2INO/c10-6-2-1-3-7(4-6)14-8(15)9(11,12)5-13/h1-4H,5H2,(H,14,15). The van der Waals surface area contributed by atoms with Crippen molar-refractivity contribution in [3.05, 3.63) is 29.3 Å². The molecule has 1 rings (SSSR count). The first kappa shape index (κ1) is 12.6. The zero-order chi connectivity index (χ0) is 11.5. The topological polar surface area (TPSA) is 29.1 Å². The molecule has 0 aliphatic heterocycles. The molecule has 0 heterocycles. The Hall–Kier alpha value is -0.430. The van der Waals surface area contributed by atoms with Gasteiger partial charge in [-0.3, -0.25) is 4.79 Å². The highest BCUT2D eigenvalue weighted by Gasteiger charge is 2.37. The Bertz CT molecular complexity index is 373. The Morgan fingerprint density at radius 3 is 2.73 bits per heavy atom. The van der Waals surface area contributed by atoms with Crippen LogP contribution in [0.1, 0.15) is 0 Å². The Kier molecular flexibility index (Phi) is 4.27. The highest BCUT2D eigenvalue weighted by molar-refractivity contribution is 14.1. The number of halogens is 4. The van der Waals surface area contributed by atoms with Gasteiger partial charge in [-0.15, -0.1) is 0 Å². The van der Waals surface area contributed by atoms with Gasteiger partial charge in [0.05, 0.1) is 4.43 Å². The lowest BCUT2D eigenvalue weighted by Gasteiger charge is -2.13. The van der Waals surface area contributed by atoms with E-state index in [2.05, 4.69) is 5.32 Å². The summed E-state index contributed by atoms with van der Waals surface area (Å²) in [6.45, 7) is 0. The third kappa shape index (κ3) is 3.57. The summed E-state index contributed by atoms with van der Waals surface area (Å²) in [6, 6.07) is 6.06. The van der Waals surface area contributed by atoms with Crippen LogP contribution in [0.2, 0.25) is 5.02 Å². The highest BCUT2D eigenvalue weighted by Crippen LogP contribution is 2.21. The molecule has 0 atom stereocenters. The van der Waals surface area contributed by atoms with Gasteiger partial charge >= 0.3 is 5.92 Å². The van der Waals surface area contributed by atoms with Crippen LogP contribution in [0.15, 0.2) is 24.3 Å². The van der Waals surface area contributed by atoms with Crippen molar-refractivity contribution < 1.29 is 13.6 Å². The maximum atomic E-state index is 12.9. The second-order valence-corrected chi connectivity index (χ2v) is 4.00. The fourth-order valence-electron chi connectivity index (χ4n) is 0.849. The fraction of sp³-hybridized carbons (Fsp3) is 0.222. The molecule has 1 amide bonds. The number of hydrogen-bond donors (Lipinski definition) is 1. The van der Waals surface area contributed by atoms with E-state index in [1.54, 1.807) is 12.1 Å². The van der Waals surface area contributed by atoms with E-state index in [4.69, 9.17) is 11.6 Å². The minimum absolute atomic E-state index is 0.261. The van der Waals surface area contributed by atoms with Gasteiger partial charge in [0, 0.05) is 10.7 Å². The van der Waals surface area contributed by atoms with E-state index in [1.165, 1.54) is 34.7 Å². The van der Waals surface area contributed by atoms with Crippen molar-refractivity contribution in [1.82, 2.24) is 0 Å². The molecule has 1 aromatic rings. The van der Waals surface area contributed by atoms with E-state index >= 15 is 0 Å². The van der Waals surface area contributed by atoms with Crippen molar-refractivity contribution in [2.45, 2.75) is 5.92 Å². The van der Waals surface area contributed by atoms with Gasteiger partial charge in [-0.05, 0) is 18.2 Å². The lowest BCUT2D eigenvalue weighted by Crippen LogP contribution is -2.35. The minimum Gasteiger partial charge on any atom is -0.321 e. The molecule has 0 bridgehead atoms. The average molecular weight is 346 g/mol. The first-order chi connectivity index (χ1) is 6.95. The van der Waals surface area contributed by atoms with Crippen LogP contribution in [0.5, 0.6) is 0 Å². The summed E-state index contributed by atoms with van der Waals surface area (Å²) < 4.78 is 25.2. The maximum Gasteiger partial charge on any atom is 0.333 e. The molecule has 0 spiro atoms. The third-order valence-electron chi connectivity index (χ3n) is 1.58. The first-order valence-corrected chi connectivity index (χ1v) is 5.87. The van der Waals surface area contributed by atoms with Crippen LogP contribution >= 0.6 is 34.2 Å². The summed E-state index contributed by atoms with van der Waals surface area (Å²) >= 11 is 7.09. The number of benzene rings is 1. The maximum absolute atomic E-state index is 12.9. The molecule has 1 aromatic carbocycles. The van der Waals surface area contributed by atoms with E-state index in [0.29, 0.717) is 5.02 Å². The normalized spacial score (nSPS) is 11.2. The molecule has 0 fully saturated rings. The molecule has 0 saturated carbocycles. The van der Waals surface area contributed by atoms with Crippen molar-refractivity contribution in [1.29, 1.82) is 0 Å². The fourth-order valence-corrected chi connectivity index (χ4v) is 1.39. The van der Waals surface area contributed by atoms with Crippen LogP contribution in [-0.4, -0.2) is 16.3 Å². The molecule has 0 aliphatic carbocycles. The second kappa shape index (κ2) is 5.07. The molecule has 2 nitrogen and oxygen atoms in total. The quantitative estimate of drug-likeness (QED) is 0.661. The van der Waals surface area contributed by atoms with E-state index in [-0.39, 0.29) is 5.69 Å². The largest absolute Gasteiger partial charge is 0.333 e. The van der Waals surface area contributed by atoms with Gasteiger partial charge in [-0.2, -0.15) is 8.78 Å². The van der Waals surface area contributed by atoms with Crippen LogP contribution < -0.4 is 5.32 Å². The zero-order valence-electron chi connectivity index (χ0n) is 7.44. The Morgan fingerprint density at radius 1 is 1.53 bits per heavy atom. The summed E-state index contributed by atoms with van der Waals surface area (Å²) in [6.07, 6.45) is 0. The smallest absolute Gasteiger partial charge is 0.321 e. The number of anilines is 1. The molecule has 1 N–H and O–H groups in total. The van der Waals surface area contributed by atoms with Crippen molar-refractivity contribution in [3.8, 4) is 0 Å². The van der Waals surface area contributed by atoms with Gasteiger partial charge in [0.15, 0.2) is 0 Å². The number of nitrogens with one attached hydrogen (secondary N) is 1. The second-order valence-electron chi connectivity index (χ2n) is 2.80. The van der Waals surface area contributed by atoms with E-state index in [1.807, 2.05) is 0 Å². The number of amides is 1. The van der Waals surface area contributed by atoms with E-state index < -0.39 is 16.3 Å². The van der Waals surface area contributed by atoms with Gasteiger partial charge in [0.1, 0.15) is 0 Å². The van der Waals surface area contributed by atoms with Crippen molar-refractivity contribution in [3.63, 3.8) is 0 Å². The molecular weight excluding hydrogens is 338 g/mol. The lowest BCUT2D eigenvalue weighted by molar-refractivity contribution is -0.136. The number of rotatable bonds is 3. The summed E-state index contributed by atoms with van der Waals surface area (Å²) in [5.41, 5.74) is 0.261. The van der Waals surface area contributed by atoms with Crippen LogP contribution in [0.3, 0.4) is 0 Å². The number of alkyl halides is 3. The van der Waals surface area contributed by atoms with Gasteiger partial charge < -0.3 is 5.32 Å². The number of carbonyl (C=O) groups excluding carboxylic acids is 1. The summed E-state index contributed by atoms with van der Waals surface area (Å²) in [5.74, 6) is -4.68. The van der Waals surface area contributed by atoms with E-state index in [0.717, 1.165) is 0 Å². The number of carbonyl (C=O) groups is 1. The minimum atomic E-state index is -3.36. The molecule has 6 heteroatoms. The van der Waals surface area contributed by atoms with Gasteiger partial charge in [-0.25, -0.2) is 0 Å². The lowest BCUT2D eigenvalue weighted by atomic mass is 10.3. The molecule has 0 aromatic heterocycles. The highest BCUT2D eigenvalue weighted by atomic mass is 127. The molecule has 82 valence electrons. The summed E-state index contributed by atoms with van der Waals surface area (Å²) in [4.78, 5) is 11.1. The molecule has 0 radical (unpaired) electrons. The van der Waals surface area contributed by atoms with Crippen LogP contribution in [-0.2, 0) is 4.79 Å². The summed E-state index contributed by atoms with van der Waals surface area (Å²) in [5, 5.41) is 2.48. The predicted molar refractivity (Wildman–Crippen MR) is 63.9 cm³/mol. The monoisotopic (exact) mass is 345 g/mol. The van der Waals surface area contributed by atoms with Crippen molar-refractivity contribution >= 4 is 45.8 Å². The van der Waals surface area contributed by atoms with Crippen molar-refractivity contribution in [2.24, 2.45) is 0 Å². The summed E-state index contributed by atoms with van der Waals surface area (Å²) in [7, 11) is 0. The van der Waals surface area contributed by atoms with Gasteiger partial charge in [0.25, 0.3) is 5.91 Å². The molecule has 15 heavy (non-hydrogen) atoms. The van der Waals surface area contributed by atoms with Crippen molar-refractivity contribution in [2.75, 3.05) is 9.74 Å². The Labute approximate surface area is 104 Å². The molecule has 0 saturated heterocycles. The predicted octanol–water partition coefficient (Wildman–Crippen LogP) is 3.35. The Balaban J connectivity index is 2.75. The number of hydrogen-bond acceptors (Lipinski definition) is 1. The van der Waals surface area contributed by atoms with Gasteiger partial charge in [-0.1, -0.05) is 40.3 Å². The third-order valence-corrected chi connectivity index (χ3v) is 2.78. The SMILES string of the molecule is O=C(Nc1cccc(Cl)c1)C(F)(F)CI. The van der Waals surface area contributed by atoms with E-state index in [9.17, 15) is 13.6 Å². The zero-order valence-corrected chi connectivity index (χ0v) is 10.4.